The van der Waals surface area contributed by atoms with Crippen LogP contribution in [0.4, 0.5) is 0 Å². The van der Waals surface area contributed by atoms with Crippen molar-refractivity contribution in [3.63, 3.8) is 0 Å². The number of amides is 1. The van der Waals surface area contributed by atoms with Gasteiger partial charge in [0.05, 0.1) is 23.3 Å². The van der Waals surface area contributed by atoms with Crippen LogP contribution < -0.4 is 5.73 Å². The number of Topliss-reactive ketones (excluding diaryl/α,β-unsaturated/α-hetero) is 1. The summed E-state index contributed by atoms with van der Waals surface area (Å²) >= 11 is 0. The van der Waals surface area contributed by atoms with E-state index in [1.807, 2.05) is 48.7 Å². The van der Waals surface area contributed by atoms with Crippen molar-refractivity contribution in [1.82, 2.24) is 14.5 Å². The zero-order valence-electron chi connectivity index (χ0n) is 17.1. The van der Waals surface area contributed by atoms with Crippen LogP contribution in [0.3, 0.4) is 0 Å². The van der Waals surface area contributed by atoms with E-state index in [9.17, 15) is 9.59 Å². The van der Waals surface area contributed by atoms with E-state index >= 15 is 0 Å². The summed E-state index contributed by atoms with van der Waals surface area (Å²) in [5.74, 6) is -1.31. The number of ketones is 1. The molecule has 2 heterocycles. The molecule has 0 atom stereocenters. The number of carbonyl (C=O) groups excluding carboxylic acids is 2. The number of aromatic nitrogens is 3. The Labute approximate surface area is 169 Å². The number of benzene rings is 1. The molecule has 3 aromatic rings. The van der Waals surface area contributed by atoms with E-state index in [1.54, 1.807) is 13.8 Å². The van der Waals surface area contributed by atoms with Crippen molar-refractivity contribution in [2.75, 3.05) is 6.61 Å². The molecule has 3 rings (SSSR count). The van der Waals surface area contributed by atoms with Crippen LogP contribution in [0.15, 0.2) is 30.3 Å². The first kappa shape index (κ1) is 22.2. The Morgan fingerprint density at radius 2 is 1.79 bits per heavy atom. The quantitative estimate of drug-likeness (QED) is 0.273. The highest BCUT2D eigenvalue weighted by Gasteiger charge is 2.27. The number of hydrogen-bond donors (Lipinski definition) is 2. The van der Waals surface area contributed by atoms with Gasteiger partial charge in [-0.25, -0.2) is 14.9 Å². The van der Waals surface area contributed by atoms with Crippen LogP contribution in [-0.2, 0) is 22.6 Å². The molecule has 8 nitrogen and oxygen atoms in total. The van der Waals surface area contributed by atoms with Crippen LogP contribution in [0.5, 0.6) is 0 Å². The first-order valence-electron chi connectivity index (χ1n) is 9.44. The predicted molar refractivity (Wildman–Crippen MR) is 110 cm³/mol. The lowest BCUT2D eigenvalue weighted by Gasteiger charge is -2.09. The summed E-state index contributed by atoms with van der Waals surface area (Å²) < 4.78 is 1.87. The summed E-state index contributed by atoms with van der Waals surface area (Å²) in [5.41, 5.74) is 8.13. The topological polar surface area (TPSA) is 120 Å². The van der Waals surface area contributed by atoms with E-state index in [2.05, 4.69) is 14.9 Å². The number of carbonyl (C=O) groups is 2. The summed E-state index contributed by atoms with van der Waals surface area (Å²) in [6.07, 6.45) is 0.254. The molecule has 1 aromatic carbocycles. The lowest BCUT2D eigenvalue weighted by molar-refractivity contribution is -0.241. The van der Waals surface area contributed by atoms with Gasteiger partial charge in [-0.2, -0.15) is 0 Å². The lowest BCUT2D eigenvalue weighted by atomic mass is 10.0. The summed E-state index contributed by atoms with van der Waals surface area (Å²) in [5, 5.41) is 9.17. The number of nitrogens with zero attached hydrogens (tertiary/aromatic N) is 3. The van der Waals surface area contributed by atoms with Gasteiger partial charge >= 0.3 is 0 Å². The van der Waals surface area contributed by atoms with Gasteiger partial charge in [-0.15, -0.1) is 0 Å². The van der Waals surface area contributed by atoms with E-state index in [-0.39, 0.29) is 18.6 Å². The second-order valence-corrected chi connectivity index (χ2v) is 6.22. The van der Waals surface area contributed by atoms with E-state index < -0.39 is 11.7 Å². The number of primary amides is 1. The standard InChI is InChI=1S/C19H20N4O4.C2H6/c1-11-15(17(24)18(20)25)16-14(8-9-27-26)21-12(2)22-19(16)23(11)10-13-6-4-3-5-7-13;1-2/h3-7,26H,8-10H2,1-2H3,(H2,20,25);1-2H3. The number of rotatable bonds is 7. The molecule has 0 aliphatic heterocycles. The Morgan fingerprint density at radius 1 is 1.14 bits per heavy atom. The van der Waals surface area contributed by atoms with Crippen molar-refractivity contribution >= 4 is 22.7 Å². The van der Waals surface area contributed by atoms with E-state index in [0.29, 0.717) is 34.8 Å². The van der Waals surface area contributed by atoms with Crippen molar-refractivity contribution in [2.24, 2.45) is 5.73 Å². The second kappa shape index (κ2) is 9.90. The minimum absolute atomic E-state index is 0.00132. The van der Waals surface area contributed by atoms with Crippen molar-refractivity contribution < 1.29 is 19.7 Å². The number of aryl methyl sites for hydroxylation is 1. The Hall–Kier alpha value is -3.10. The minimum atomic E-state index is -1.04. The van der Waals surface area contributed by atoms with Crippen LogP contribution in [0, 0.1) is 13.8 Å². The predicted octanol–water partition coefficient (Wildman–Crippen LogP) is 2.82. The van der Waals surface area contributed by atoms with Gasteiger partial charge in [0, 0.05) is 18.7 Å². The number of nitrogens with two attached hydrogens (primary N) is 1. The smallest absolute Gasteiger partial charge is 0.289 e. The van der Waals surface area contributed by atoms with Gasteiger partial charge in [0.15, 0.2) is 0 Å². The first-order valence-corrected chi connectivity index (χ1v) is 9.44. The normalized spacial score (nSPS) is 10.5. The van der Waals surface area contributed by atoms with Gasteiger partial charge in [-0.3, -0.25) is 14.8 Å². The van der Waals surface area contributed by atoms with Crippen molar-refractivity contribution in [2.45, 2.75) is 40.7 Å². The summed E-state index contributed by atoms with van der Waals surface area (Å²) in [4.78, 5) is 37.2. The summed E-state index contributed by atoms with van der Waals surface area (Å²) in [6.45, 7) is 7.97. The van der Waals surface area contributed by atoms with Crippen molar-refractivity contribution in [3.8, 4) is 0 Å². The molecule has 0 saturated heterocycles. The lowest BCUT2D eigenvalue weighted by Crippen LogP contribution is -2.24. The Morgan fingerprint density at radius 3 is 2.38 bits per heavy atom. The minimum Gasteiger partial charge on any atom is -0.363 e. The molecule has 154 valence electrons. The van der Waals surface area contributed by atoms with Crippen LogP contribution in [0.2, 0.25) is 0 Å². The molecule has 0 saturated carbocycles. The Kier molecular flexibility index (Phi) is 7.58. The zero-order chi connectivity index (χ0) is 21.6. The first-order chi connectivity index (χ1) is 13.9. The molecule has 0 radical (unpaired) electrons. The van der Waals surface area contributed by atoms with Gasteiger partial charge in [-0.05, 0) is 19.4 Å². The fourth-order valence-corrected chi connectivity index (χ4v) is 3.22. The molecule has 0 spiro atoms. The fraction of sp³-hybridized carbons (Fsp3) is 0.333. The van der Waals surface area contributed by atoms with Crippen LogP contribution >= 0.6 is 0 Å². The van der Waals surface area contributed by atoms with Crippen molar-refractivity contribution in [1.29, 1.82) is 0 Å². The number of fused-ring (bicyclic) bond motifs is 1. The zero-order valence-corrected chi connectivity index (χ0v) is 17.1. The Balaban J connectivity index is 0.00000145. The van der Waals surface area contributed by atoms with Gasteiger partial charge in [0.1, 0.15) is 11.5 Å². The average Bonchev–Trinajstić information content (AvgIpc) is 2.99. The van der Waals surface area contributed by atoms with Crippen molar-refractivity contribution in [3.05, 3.63) is 58.7 Å². The van der Waals surface area contributed by atoms with Crippen LogP contribution in [0.25, 0.3) is 11.0 Å². The van der Waals surface area contributed by atoms with Crippen LogP contribution in [0.1, 0.15) is 47.0 Å². The maximum absolute atomic E-state index is 12.5. The monoisotopic (exact) mass is 398 g/mol. The van der Waals surface area contributed by atoms with E-state index in [0.717, 1.165) is 5.56 Å². The summed E-state index contributed by atoms with van der Waals surface area (Å²) in [7, 11) is 0. The third-order valence-corrected chi connectivity index (χ3v) is 4.41. The Bertz CT molecular complexity index is 1010. The highest BCUT2D eigenvalue weighted by atomic mass is 17.1. The molecule has 0 bridgehead atoms. The third-order valence-electron chi connectivity index (χ3n) is 4.41. The van der Waals surface area contributed by atoms with Gasteiger partial charge < -0.3 is 10.3 Å². The maximum atomic E-state index is 12.5. The van der Waals surface area contributed by atoms with E-state index in [1.165, 1.54) is 0 Å². The molecule has 0 unspecified atom stereocenters. The molecule has 0 aliphatic carbocycles. The maximum Gasteiger partial charge on any atom is 0.289 e. The largest absolute Gasteiger partial charge is 0.363 e. The SMILES string of the molecule is CC.Cc1nc(CCOO)c2c(C(=O)C(N)=O)c(C)n(Cc3ccccc3)c2n1. The fourth-order valence-electron chi connectivity index (χ4n) is 3.22. The average molecular weight is 398 g/mol. The van der Waals surface area contributed by atoms with Crippen LogP contribution in [-0.4, -0.2) is 38.1 Å². The third kappa shape index (κ3) is 4.67. The van der Waals surface area contributed by atoms with E-state index in [4.69, 9.17) is 11.0 Å². The molecule has 29 heavy (non-hydrogen) atoms. The molecule has 1 amide bonds. The molecule has 2 aromatic heterocycles. The van der Waals surface area contributed by atoms with Gasteiger partial charge in [0.2, 0.25) is 0 Å². The molecule has 0 aliphatic rings. The molecule has 8 heteroatoms. The highest BCUT2D eigenvalue weighted by molar-refractivity contribution is 6.45. The second-order valence-electron chi connectivity index (χ2n) is 6.22. The molecule has 3 N–H and O–H groups in total. The molecular formula is C21H26N4O4. The van der Waals surface area contributed by atoms with Gasteiger partial charge in [-0.1, -0.05) is 44.2 Å². The number of hydrogen-bond acceptors (Lipinski definition) is 6. The van der Waals surface area contributed by atoms with Gasteiger partial charge in [0.25, 0.3) is 11.7 Å². The summed E-state index contributed by atoms with van der Waals surface area (Å²) in [6, 6.07) is 9.71. The highest BCUT2D eigenvalue weighted by Crippen LogP contribution is 2.29. The molecule has 0 fully saturated rings. The molecular weight excluding hydrogens is 372 g/mol.